The summed E-state index contributed by atoms with van der Waals surface area (Å²) in [5.41, 5.74) is 3.28. The molecular weight excluding hydrogens is 500 g/mol. The van der Waals surface area contributed by atoms with Gasteiger partial charge in [0.25, 0.3) is 0 Å². The minimum atomic E-state index is -0.630. The third-order valence-electron chi connectivity index (χ3n) is 7.13. The molecule has 3 heterocycles. The summed E-state index contributed by atoms with van der Waals surface area (Å²) >= 11 is 1.66. The zero-order valence-electron chi connectivity index (χ0n) is 21.4. The number of aryl methyl sites for hydroxylation is 1. The van der Waals surface area contributed by atoms with Crippen LogP contribution in [0, 0.1) is 6.92 Å². The SMILES string of the molecule is Cc1nc2cc(OC[C@H](O)CN3CCN(N(C=O)c4ccc5c(c4)oc4ccccc45)C[C@@H]3C)ccc2s1. The number of aliphatic hydroxyl groups is 1. The molecule has 2 aromatic heterocycles. The molecule has 9 heteroatoms. The Morgan fingerprint density at radius 2 is 2.00 bits per heavy atom. The van der Waals surface area contributed by atoms with E-state index in [1.165, 1.54) is 0 Å². The van der Waals surface area contributed by atoms with Gasteiger partial charge in [-0.05, 0) is 44.2 Å². The number of hydrogen-bond donors (Lipinski definition) is 1. The standard InChI is InChI=1S/C29H30N4O4S/c1-19-15-32(33(18-34)21-7-9-25-24-5-3-4-6-27(24)37-28(25)13-21)12-11-31(19)16-22(35)17-36-23-8-10-29-26(14-23)30-20(2)38-29/h3-10,13-14,18-19,22,35H,11-12,15-17H2,1-2H3/t19-,22+/m0/s1. The highest BCUT2D eigenvalue weighted by atomic mass is 32.1. The molecule has 2 atom stereocenters. The van der Waals surface area contributed by atoms with Crippen molar-refractivity contribution in [1.29, 1.82) is 0 Å². The number of thiazole rings is 1. The second-order valence-corrected chi connectivity index (χ2v) is 11.0. The van der Waals surface area contributed by atoms with Crippen molar-refractivity contribution >= 4 is 55.6 Å². The third kappa shape index (κ3) is 4.86. The first kappa shape index (κ1) is 24.8. The number of hydrogen-bond acceptors (Lipinski definition) is 8. The van der Waals surface area contributed by atoms with Crippen molar-refractivity contribution in [2.75, 3.05) is 37.8 Å². The van der Waals surface area contributed by atoms with E-state index in [4.69, 9.17) is 9.15 Å². The lowest BCUT2D eigenvalue weighted by Gasteiger charge is -2.43. The Hall–Kier alpha value is -3.50. The van der Waals surface area contributed by atoms with E-state index in [2.05, 4.69) is 16.8 Å². The summed E-state index contributed by atoms with van der Waals surface area (Å²) in [5.74, 6) is 0.711. The highest BCUT2D eigenvalue weighted by Gasteiger charge is 2.29. The molecule has 1 N–H and O–H groups in total. The number of carbonyl (C=O) groups excluding carboxylic acids is 1. The molecule has 0 bridgehead atoms. The minimum Gasteiger partial charge on any atom is -0.491 e. The molecule has 196 valence electrons. The lowest BCUT2D eigenvalue weighted by Crippen LogP contribution is -2.58. The normalized spacial score (nSPS) is 17.8. The number of furan rings is 1. The van der Waals surface area contributed by atoms with Gasteiger partial charge in [-0.3, -0.25) is 9.69 Å². The molecule has 38 heavy (non-hydrogen) atoms. The molecule has 1 aliphatic rings. The monoisotopic (exact) mass is 530 g/mol. The van der Waals surface area contributed by atoms with E-state index in [1.807, 2.05) is 72.6 Å². The molecule has 0 saturated carbocycles. The molecular formula is C29H30N4O4S. The van der Waals surface area contributed by atoms with Crippen LogP contribution in [-0.2, 0) is 4.79 Å². The van der Waals surface area contributed by atoms with Gasteiger partial charge in [0.05, 0.1) is 20.9 Å². The number of ether oxygens (including phenoxy) is 1. The Kier molecular flexibility index (Phi) is 6.75. The fraction of sp³-hybridized carbons (Fsp3) is 0.310. The zero-order chi connectivity index (χ0) is 26.2. The van der Waals surface area contributed by atoms with E-state index in [-0.39, 0.29) is 12.6 Å². The molecule has 1 fully saturated rings. The van der Waals surface area contributed by atoms with Gasteiger partial charge < -0.3 is 14.3 Å². The molecule has 0 spiro atoms. The van der Waals surface area contributed by atoms with Gasteiger partial charge in [-0.1, -0.05) is 18.2 Å². The number of nitrogens with zero attached hydrogens (tertiary/aromatic N) is 4. The molecule has 0 unspecified atom stereocenters. The van der Waals surface area contributed by atoms with Gasteiger partial charge in [-0.2, -0.15) is 0 Å². The van der Waals surface area contributed by atoms with Crippen LogP contribution >= 0.6 is 11.3 Å². The maximum atomic E-state index is 12.2. The molecule has 1 amide bonds. The maximum Gasteiger partial charge on any atom is 0.228 e. The number of fused-ring (bicyclic) bond motifs is 4. The topological polar surface area (TPSA) is 82.3 Å². The van der Waals surface area contributed by atoms with Crippen molar-refractivity contribution in [2.45, 2.75) is 26.0 Å². The lowest BCUT2D eigenvalue weighted by molar-refractivity contribution is -0.111. The van der Waals surface area contributed by atoms with E-state index >= 15 is 0 Å². The summed E-state index contributed by atoms with van der Waals surface area (Å²) in [6.45, 7) is 6.85. The summed E-state index contributed by atoms with van der Waals surface area (Å²) in [6.07, 6.45) is 0.227. The smallest absolute Gasteiger partial charge is 0.228 e. The van der Waals surface area contributed by atoms with E-state index in [1.54, 1.807) is 16.3 Å². The van der Waals surface area contributed by atoms with Crippen LogP contribution in [0.2, 0.25) is 0 Å². The van der Waals surface area contributed by atoms with E-state index in [0.717, 1.165) is 55.8 Å². The quantitative estimate of drug-likeness (QED) is 0.288. The molecule has 8 nitrogen and oxygen atoms in total. The molecule has 1 saturated heterocycles. The van der Waals surface area contributed by atoms with Crippen molar-refractivity contribution < 1.29 is 19.1 Å². The van der Waals surface area contributed by atoms with Crippen molar-refractivity contribution in [3.63, 3.8) is 0 Å². The van der Waals surface area contributed by atoms with Crippen molar-refractivity contribution in [3.05, 3.63) is 65.7 Å². The van der Waals surface area contributed by atoms with E-state index in [0.29, 0.717) is 25.4 Å². The molecule has 0 radical (unpaired) electrons. The number of anilines is 1. The molecule has 1 aliphatic heterocycles. The number of aromatic nitrogens is 1. The summed E-state index contributed by atoms with van der Waals surface area (Å²) in [4.78, 5) is 18.9. The first-order valence-electron chi connectivity index (χ1n) is 12.8. The largest absolute Gasteiger partial charge is 0.491 e. The Balaban J connectivity index is 1.07. The fourth-order valence-corrected chi connectivity index (χ4v) is 6.03. The van der Waals surface area contributed by atoms with Gasteiger partial charge in [-0.25, -0.2) is 15.0 Å². The van der Waals surface area contributed by atoms with Crippen LogP contribution in [0.3, 0.4) is 0 Å². The van der Waals surface area contributed by atoms with Crippen molar-refractivity contribution in [2.24, 2.45) is 0 Å². The van der Waals surface area contributed by atoms with E-state index in [9.17, 15) is 9.90 Å². The van der Waals surface area contributed by atoms with Crippen LogP contribution < -0.4 is 9.75 Å². The number of piperazine rings is 1. The number of β-amino-alcohol motifs (C(OH)–C–C–N with tert-alkyl or cyclic N) is 1. The first-order valence-corrected chi connectivity index (χ1v) is 13.6. The number of aliphatic hydroxyl groups excluding tert-OH is 1. The van der Waals surface area contributed by atoms with Crippen LogP contribution in [0.1, 0.15) is 11.9 Å². The Labute approximate surface area is 224 Å². The van der Waals surface area contributed by atoms with Crippen LogP contribution in [0.15, 0.2) is 65.1 Å². The van der Waals surface area contributed by atoms with Crippen molar-refractivity contribution in [3.8, 4) is 5.75 Å². The lowest BCUT2D eigenvalue weighted by atomic mass is 10.1. The van der Waals surface area contributed by atoms with Gasteiger partial charge in [0.2, 0.25) is 6.41 Å². The predicted octanol–water partition coefficient (Wildman–Crippen LogP) is 4.83. The Morgan fingerprint density at radius 3 is 2.84 bits per heavy atom. The van der Waals surface area contributed by atoms with Gasteiger partial charge in [0.15, 0.2) is 0 Å². The van der Waals surface area contributed by atoms with Crippen molar-refractivity contribution in [1.82, 2.24) is 14.9 Å². The molecule has 5 aromatic rings. The van der Waals surface area contributed by atoms with Crippen LogP contribution in [0.5, 0.6) is 5.75 Å². The number of amides is 1. The van der Waals surface area contributed by atoms with Crippen LogP contribution in [-0.4, -0.2) is 71.3 Å². The highest BCUT2D eigenvalue weighted by Crippen LogP contribution is 2.32. The van der Waals surface area contributed by atoms with Gasteiger partial charge in [0, 0.05) is 55.1 Å². The first-order chi connectivity index (χ1) is 18.5. The summed E-state index contributed by atoms with van der Waals surface area (Å²) < 4.78 is 13.0. The number of para-hydroxylation sites is 1. The Bertz CT molecular complexity index is 1600. The van der Waals surface area contributed by atoms with Gasteiger partial charge in [0.1, 0.15) is 29.6 Å². The average molecular weight is 531 g/mol. The molecule has 0 aliphatic carbocycles. The summed E-state index contributed by atoms with van der Waals surface area (Å²) in [6, 6.07) is 19.8. The number of benzene rings is 3. The second kappa shape index (κ2) is 10.3. The molecule has 6 rings (SSSR count). The fourth-order valence-electron chi connectivity index (χ4n) is 5.22. The van der Waals surface area contributed by atoms with Gasteiger partial charge >= 0.3 is 0 Å². The van der Waals surface area contributed by atoms with Crippen LogP contribution in [0.25, 0.3) is 32.2 Å². The Morgan fingerprint density at radius 1 is 1.16 bits per heavy atom. The number of carbonyl (C=O) groups is 1. The summed E-state index contributed by atoms with van der Waals surface area (Å²) in [5, 5.41) is 17.5. The zero-order valence-corrected chi connectivity index (χ0v) is 22.2. The highest BCUT2D eigenvalue weighted by molar-refractivity contribution is 7.18. The summed E-state index contributed by atoms with van der Waals surface area (Å²) in [7, 11) is 0. The number of rotatable bonds is 8. The maximum absolute atomic E-state index is 12.2. The third-order valence-corrected chi connectivity index (χ3v) is 8.08. The van der Waals surface area contributed by atoms with Crippen LogP contribution in [0.4, 0.5) is 5.69 Å². The predicted molar refractivity (Wildman–Crippen MR) is 151 cm³/mol. The number of hydrazine groups is 1. The average Bonchev–Trinajstić information content (AvgIpc) is 3.48. The minimum absolute atomic E-state index is 0.144. The second-order valence-electron chi connectivity index (χ2n) is 9.81. The van der Waals surface area contributed by atoms with E-state index < -0.39 is 6.10 Å². The molecule has 3 aromatic carbocycles. The van der Waals surface area contributed by atoms with Gasteiger partial charge in [-0.15, -0.1) is 11.3 Å².